The van der Waals surface area contributed by atoms with Gasteiger partial charge in [-0.15, -0.1) is 0 Å². The van der Waals surface area contributed by atoms with Crippen LogP contribution >= 0.6 is 0 Å². The molecule has 0 spiro atoms. The number of carbonyl (C=O) groups excluding carboxylic acids is 1. The Hall–Kier alpha value is -6.21. The van der Waals surface area contributed by atoms with Gasteiger partial charge in [0, 0.05) is 31.8 Å². The molecule has 0 aliphatic carbocycles. The Kier molecular flexibility index (Phi) is 12.7. The number of nitrogens with zero attached hydrogens (tertiary/aromatic N) is 6. The van der Waals surface area contributed by atoms with E-state index < -0.39 is 81.0 Å². The van der Waals surface area contributed by atoms with Crippen LogP contribution in [0.4, 0.5) is 38.3 Å². The molecule has 5 aromatic rings. The molecule has 1 N–H and O–H groups in total. The van der Waals surface area contributed by atoms with Gasteiger partial charge in [-0.25, -0.2) is 18.6 Å². The lowest BCUT2D eigenvalue weighted by atomic mass is 9.90. The Bertz CT molecular complexity index is 2680. The van der Waals surface area contributed by atoms with Gasteiger partial charge in [0.2, 0.25) is 5.88 Å². The number of alkyl halides is 3. The molecule has 2 aromatic heterocycles. The molecule has 2 bridgehead atoms. The van der Waals surface area contributed by atoms with Gasteiger partial charge in [0.1, 0.15) is 58.0 Å². The predicted molar refractivity (Wildman–Crippen MR) is 245 cm³/mol. The Labute approximate surface area is 396 Å². The topological polar surface area (TPSA) is 141 Å². The molecule has 0 radical (unpaired) electrons. The summed E-state index contributed by atoms with van der Waals surface area (Å²) < 4.78 is 116. The molecule has 19 heteroatoms. The normalized spacial score (nSPS) is 22.0. The van der Waals surface area contributed by atoms with Gasteiger partial charge in [-0.05, 0) is 101 Å². The molecule has 3 aromatic carbocycles. The van der Waals surface area contributed by atoms with Gasteiger partial charge in [0.25, 0.3) is 0 Å². The largest absolute Gasteiger partial charge is 0.497 e. The SMILES string of the molecule is COc1ccc(CN(Cc2ccc(OC)cc2)c2cc(-c3nc4c5c(nc(OCC6(CO)CCOC6)nc5c3F)N3C[C@H]5CC[C@@H]([C@H]3[C@H](C)O4)N5C(=O)OC(C)(C)C)c(C(F)(F)F)c(C)c2F)cc1. The summed E-state index contributed by atoms with van der Waals surface area (Å²) in [5.74, 6) is -1.39. The van der Waals surface area contributed by atoms with Crippen molar-refractivity contribution in [3.8, 4) is 34.6 Å². The molecule has 1 amide bonds. The first kappa shape index (κ1) is 47.8. The van der Waals surface area contributed by atoms with E-state index in [1.54, 1.807) is 86.0 Å². The van der Waals surface area contributed by atoms with Gasteiger partial charge in [-0.2, -0.15) is 23.1 Å². The van der Waals surface area contributed by atoms with E-state index in [2.05, 4.69) is 9.97 Å². The van der Waals surface area contributed by atoms with Crippen LogP contribution < -0.4 is 28.7 Å². The van der Waals surface area contributed by atoms with Crippen molar-refractivity contribution in [2.45, 2.75) is 103 Å². The molecule has 14 nitrogen and oxygen atoms in total. The Morgan fingerprint density at radius 1 is 0.942 bits per heavy atom. The van der Waals surface area contributed by atoms with Crippen molar-refractivity contribution in [3.63, 3.8) is 0 Å². The van der Waals surface area contributed by atoms with E-state index in [1.165, 1.54) is 14.2 Å². The van der Waals surface area contributed by atoms with Gasteiger partial charge < -0.3 is 43.3 Å². The quantitative estimate of drug-likeness (QED) is 0.119. The molecule has 5 atom stereocenters. The molecule has 9 rings (SSSR count). The molecular weight excluding hydrogens is 908 g/mol. The fourth-order valence-electron chi connectivity index (χ4n) is 10.1. The van der Waals surface area contributed by atoms with Crippen molar-refractivity contribution in [1.29, 1.82) is 0 Å². The molecule has 0 saturated carbocycles. The number of aliphatic hydroxyl groups is 1. The third-order valence-corrected chi connectivity index (χ3v) is 13.5. The molecule has 4 aliphatic heterocycles. The summed E-state index contributed by atoms with van der Waals surface area (Å²) in [4.78, 5) is 32.9. The van der Waals surface area contributed by atoms with Gasteiger partial charge in [0.15, 0.2) is 5.82 Å². The maximum atomic E-state index is 17.9. The summed E-state index contributed by atoms with van der Waals surface area (Å²) in [5, 5.41) is 10.4. The van der Waals surface area contributed by atoms with Crippen molar-refractivity contribution in [3.05, 3.63) is 88.5 Å². The van der Waals surface area contributed by atoms with E-state index in [-0.39, 0.29) is 74.3 Å². The Balaban J connectivity index is 1.23. The molecule has 1 unspecified atom stereocenters. The van der Waals surface area contributed by atoms with Crippen LogP contribution in [0.3, 0.4) is 0 Å². The highest BCUT2D eigenvalue weighted by Crippen LogP contribution is 2.49. The van der Waals surface area contributed by atoms with Crippen LogP contribution in [0.1, 0.15) is 69.2 Å². The predicted octanol–water partition coefficient (Wildman–Crippen LogP) is 9.04. The van der Waals surface area contributed by atoms with Gasteiger partial charge in [-0.1, -0.05) is 24.3 Å². The second kappa shape index (κ2) is 18.3. The number of amides is 1. The number of halogens is 5. The minimum Gasteiger partial charge on any atom is -0.497 e. The zero-order valence-corrected chi connectivity index (χ0v) is 39.5. The standard InChI is InChI=1S/C50H55F5N6O8/c1-27-38(50(53,54)55)34(20-36(39(27)51)59(21-29-8-13-32(64-6)14-9-29)22-30-10-15-33(65-7)16-11-30)41-40(52)42-37-44(58-46(57-42)67-26-49(24-62)18-19-66-25-49)60-23-31-12-17-35(43(60)28(2)68-45(37)56-41)61(31)47(63)69-48(3,4)5/h8-11,13-16,20,28,31,35,43,62H,12,17-19,21-26H2,1-7H3/t28-,31+,35-,43+,49?/m0/s1. The molecule has 3 fully saturated rings. The Morgan fingerprint density at radius 3 is 2.16 bits per heavy atom. The summed E-state index contributed by atoms with van der Waals surface area (Å²) in [7, 11) is 3.03. The highest BCUT2D eigenvalue weighted by molar-refractivity contribution is 5.98. The van der Waals surface area contributed by atoms with E-state index in [0.29, 0.717) is 48.5 Å². The van der Waals surface area contributed by atoms with Crippen molar-refractivity contribution >= 4 is 28.5 Å². The number of hydrogen-bond donors (Lipinski definition) is 1. The monoisotopic (exact) mass is 962 g/mol. The highest BCUT2D eigenvalue weighted by atomic mass is 19.4. The number of pyridine rings is 1. The van der Waals surface area contributed by atoms with Crippen LogP contribution in [0.25, 0.3) is 22.2 Å². The zero-order chi connectivity index (χ0) is 49.2. The number of aliphatic hydroxyl groups excluding tert-OH is 1. The van der Waals surface area contributed by atoms with Crippen LogP contribution in [0, 0.1) is 24.0 Å². The minimum absolute atomic E-state index is 0.0163. The fraction of sp³-hybridized carbons (Fsp3) is 0.480. The first-order valence-corrected chi connectivity index (χ1v) is 22.9. The van der Waals surface area contributed by atoms with Crippen LogP contribution in [0.2, 0.25) is 0 Å². The maximum absolute atomic E-state index is 17.9. The van der Waals surface area contributed by atoms with E-state index in [9.17, 15) is 9.90 Å². The third kappa shape index (κ3) is 9.10. The van der Waals surface area contributed by atoms with Crippen molar-refractivity contribution in [2.75, 3.05) is 57.0 Å². The molecule has 4 aliphatic rings. The molecule has 368 valence electrons. The number of aromatic nitrogens is 3. The molecule has 6 heterocycles. The number of carbonyl (C=O) groups is 1. The summed E-state index contributed by atoms with van der Waals surface area (Å²) in [6.45, 7) is 8.51. The molecular formula is C50H55F5N6O8. The zero-order valence-electron chi connectivity index (χ0n) is 39.5. The minimum atomic E-state index is -5.20. The van der Waals surface area contributed by atoms with Gasteiger partial charge >= 0.3 is 18.3 Å². The first-order valence-electron chi connectivity index (χ1n) is 22.9. The van der Waals surface area contributed by atoms with Crippen molar-refractivity contribution in [2.24, 2.45) is 5.41 Å². The Morgan fingerprint density at radius 2 is 1.59 bits per heavy atom. The number of fused-ring (bicyclic) bond motifs is 5. The smallest absolute Gasteiger partial charge is 0.417 e. The maximum Gasteiger partial charge on any atom is 0.417 e. The average Bonchev–Trinajstić information content (AvgIpc) is 3.89. The van der Waals surface area contributed by atoms with Gasteiger partial charge in [-0.3, -0.25) is 4.90 Å². The lowest BCUT2D eigenvalue weighted by Crippen LogP contribution is -2.65. The number of anilines is 2. The number of piperazine rings is 1. The van der Waals surface area contributed by atoms with Crippen molar-refractivity contribution in [1.82, 2.24) is 19.9 Å². The highest BCUT2D eigenvalue weighted by Gasteiger charge is 2.54. The molecule has 3 saturated heterocycles. The fourth-order valence-corrected chi connectivity index (χ4v) is 10.1. The van der Waals surface area contributed by atoms with E-state index in [4.69, 9.17) is 33.4 Å². The summed E-state index contributed by atoms with van der Waals surface area (Å²) in [5.41, 5.74) is -4.69. The van der Waals surface area contributed by atoms with E-state index in [0.717, 1.165) is 13.0 Å². The average molecular weight is 963 g/mol. The molecule has 69 heavy (non-hydrogen) atoms. The first-order chi connectivity index (χ1) is 32.8. The number of ether oxygens (including phenoxy) is 6. The number of rotatable bonds is 12. The van der Waals surface area contributed by atoms with Gasteiger partial charge in [0.05, 0.1) is 62.2 Å². The number of benzene rings is 3. The number of hydrogen-bond acceptors (Lipinski definition) is 13. The summed E-state index contributed by atoms with van der Waals surface area (Å²) >= 11 is 0. The van der Waals surface area contributed by atoms with E-state index in [1.807, 2.05) is 4.90 Å². The van der Waals surface area contributed by atoms with E-state index >= 15 is 22.0 Å². The lowest BCUT2D eigenvalue weighted by Gasteiger charge is -2.48. The number of methoxy groups -OCH3 is 2. The van der Waals surface area contributed by atoms with Crippen molar-refractivity contribution < 1.29 is 60.3 Å². The van der Waals surface area contributed by atoms with Crippen LogP contribution in [-0.4, -0.2) is 108 Å². The van der Waals surface area contributed by atoms with Crippen LogP contribution in [-0.2, 0) is 28.7 Å². The van der Waals surface area contributed by atoms with Crippen LogP contribution in [0.5, 0.6) is 23.4 Å². The third-order valence-electron chi connectivity index (χ3n) is 13.5. The van der Waals surface area contributed by atoms with Crippen LogP contribution in [0.15, 0.2) is 54.6 Å². The summed E-state index contributed by atoms with van der Waals surface area (Å²) in [6, 6.07) is 13.1. The second-order valence-corrected chi connectivity index (χ2v) is 19.3. The summed E-state index contributed by atoms with van der Waals surface area (Å²) in [6.07, 6.45) is -4.86. The second-order valence-electron chi connectivity index (χ2n) is 19.3. The lowest BCUT2D eigenvalue weighted by molar-refractivity contribution is -0.137.